The summed E-state index contributed by atoms with van der Waals surface area (Å²) in [5.74, 6) is -1.35. The molecule has 0 heterocycles. The first-order chi connectivity index (χ1) is 9.17. The summed E-state index contributed by atoms with van der Waals surface area (Å²) in [7, 11) is 4.29. The van der Waals surface area contributed by atoms with E-state index in [1.165, 1.54) is 21.2 Å². The van der Waals surface area contributed by atoms with Crippen molar-refractivity contribution < 1.29 is 27.5 Å². The predicted octanol–water partition coefficient (Wildman–Crippen LogP) is -0.298. The van der Waals surface area contributed by atoms with Crippen LogP contribution in [0.5, 0.6) is 0 Å². The highest BCUT2D eigenvalue weighted by molar-refractivity contribution is 5.85. The Balaban J connectivity index is 4.50. The number of alkyl halides is 3. The zero-order valence-corrected chi connectivity index (χ0v) is 11.8. The number of nitrogens with one attached hydrogen (secondary N) is 1. The van der Waals surface area contributed by atoms with E-state index in [9.17, 15) is 22.8 Å². The van der Waals surface area contributed by atoms with E-state index >= 15 is 0 Å². The molecule has 2 amide bonds. The lowest BCUT2D eigenvalue weighted by molar-refractivity contribution is -0.163. The molecular weight excluding hydrogens is 279 g/mol. The summed E-state index contributed by atoms with van der Waals surface area (Å²) in [5.41, 5.74) is 0. The van der Waals surface area contributed by atoms with Gasteiger partial charge in [0.05, 0.1) is 13.2 Å². The number of carbonyl (C=O) groups excluding carboxylic acids is 2. The third-order valence-corrected chi connectivity index (χ3v) is 2.31. The molecule has 0 unspecified atom stereocenters. The van der Waals surface area contributed by atoms with Crippen LogP contribution in [0.15, 0.2) is 0 Å². The van der Waals surface area contributed by atoms with E-state index < -0.39 is 31.1 Å². The second-order valence-corrected chi connectivity index (χ2v) is 4.32. The third-order valence-electron chi connectivity index (χ3n) is 2.31. The molecule has 0 radical (unpaired) electrons. The Morgan fingerprint density at radius 1 is 1.20 bits per heavy atom. The molecule has 6 nitrogen and oxygen atoms in total. The zero-order valence-electron chi connectivity index (χ0n) is 11.8. The molecule has 118 valence electrons. The molecule has 0 spiro atoms. The van der Waals surface area contributed by atoms with Crippen LogP contribution in [-0.4, -0.2) is 81.8 Å². The molecule has 0 saturated heterocycles. The first kappa shape index (κ1) is 18.7. The van der Waals surface area contributed by atoms with Crippen LogP contribution in [0.25, 0.3) is 0 Å². The molecular formula is C11H20F3N3O3. The van der Waals surface area contributed by atoms with Crippen molar-refractivity contribution in [3.8, 4) is 0 Å². The van der Waals surface area contributed by atoms with E-state index in [0.29, 0.717) is 18.1 Å². The largest absolute Gasteiger partial charge is 0.406 e. The lowest BCUT2D eigenvalue weighted by atomic mass is 10.4. The minimum atomic E-state index is -4.55. The normalized spacial score (nSPS) is 11.3. The maximum Gasteiger partial charge on any atom is 0.406 e. The highest BCUT2D eigenvalue weighted by Crippen LogP contribution is 2.16. The summed E-state index contributed by atoms with van der Waals surface area (Å²) in [4.78, 5) is 24.8. The summed E-state index contributed by atoms with van der Waals surface area (Å²) in [6.07, 6.45) is -4.55. The van der Waals surface area contributed by atoms with Crippen molar-refractivity contribution in [3.05, 3.63) is 0 Å². The molecule has 0 aromatic rings. The van der Waals surface area contributed by atoms with E-state index in [0.717, 1.165) is 4.90 Å². The van der Waals surface area contributed by atoms with Gasteiger partial charge in [0.1, 0.15) is 13.1 Å². The SMILES string of the molecule is COCCNCC(=O)N(CC(=O)N(C)C)CC(F)(F)F. The van der Waals surface area contributed by atoms with Gasteiger partial charge in [-0.2, -0.15) is 13.2 Å². The van der Waals surface area contributed by atoms with E-state index in [1.807, 2.05) is 0 Å². The Kier molecular flexibility index (Phi) is 8.16. The summed E-state index contributed by atoms with van der Waals surface area (Å²) < 4.78 is 41.9. The van der Waals surface area contributed by atoms with Gasteiger partial charge in [-0.1, -0.05) is 0 Å². The van der Waals surface area contributed by atoms with Crippen LogP contribution < -0.4 is 5.32 Å². The zero-order chi connectivity index (χ0) is 15.8. The quantitative estimate of drug-likeness (QED) is 0.625. The highest BCUT2D eigenvalue weighted by atomic mass is 19.4. The Morgan fingerprint density at radius 2 is 1.80 bits per heavy atom. The second-order valence-electron chi connectivity index (χ2n) is 4.32. The first-order valence-electron chi connectivity index (χ1n) is 5.91. The number of ether oxygens (including phenoxy) is 1. The van der Waals surface area contributed by atoms with Crippen molar-refractivity contribution in [2.75, 3.05) is 54.0 Å². The maximum absolute atomic E-state index is 12.4. The van der Waals surface area contributed by atoms with Crippen LogP contribution in [0.4, 0.5) is 13.2 Å². The highest BCUT2D eigenvalue weighted by Gasteiger charge is 2.33. The van der Waals surface area contributed by atoms with Gasteiger partial charge in [0.2, 0.25) is 11.8 Å². The number of halogens is 3. The van der Waals surface area contributed by atoms with Crippen molar-refractivity contribution in [1.82, 2.24) is 15.1 Å². The number of rotatable bonds is 8. The van der Waals surface area contributed by atoms with Crippen LogP contribution in [0.2, 0.25) is 0 Å². The van der Waals surface area contributed by atoms with Gasteiger partial charge in [-0.15, -0.1) is 0 Å². The standard InChI is InChI=1S/C11H20F3N3O3/c1-16(2)10(19)7-17(8-11(12,13)14)9(18)6-15-4-5-20-3/h15H,4-8H2,1-3H3. The van der Waals surface area contributed by atoms with Gasteiger partial charge in [-0.3, -0.25) is 9.59 Å². The topological polar surface area (TPSA) is 61.9 Å². The Morgan fingerprint density at radius 3 is 2.25 bits per heavy atom. The van der Waals surface area contributed by atoms with Gasteiger partial charge in [-0.25, -0.2) is 0 Å². The summed E-state index contributed by atoms with van der Waals surface area (Å²) in [6, 6.07) is 0. The van der Waals surface area contributed by atoms with Gasteiger partial charge in [-0.05, 0) is 0 Å². The molecule has 0 fully saturated rings. The van der Waals surface area contributed by atoms with Gasteiger partial charge in [0.25, 0.3) is 0 Å². The van der Waals surface area contributed by atoms with Crippen molar-refractivity contribution in [1.29, 1.82) is 0 Å². The summed E-state index contributed by atoms with van der Waals surface area (Å²) >= 11 is 0. The molecule has 20 heavy (non-hydrogen) atoms. The van der Waals surface area contributed by atoms with Crippen molar-refractivity contribution in [2.45, 2.75) is 6.18 Å². The van der Waals surface area contributed by atoms with Crippen LogP contribution in [-0.2, 0) is 14.3 Å². The number of methoxy groups -OCH3 is 1. The van der Waals surface area contributed by atoms with Crippen LogP contribution in [0.1, 0.15) is 0 Å². The predicted molar refractivity (Wildman–Crippen MR) is 66.1 cm³/mol. The minimum Gasteiger partial charge on any atom is -0.383 e. The van der Waals surface area contributed by atoms with E-state index in [1.54, 1.807) is 0 Å². The van der Waals surface area contributed by atoms with E-state index in [4.69, 9.17) is 4.74 Å². The molecule has 0 rings (SSSR count). The molecule has 0 saturated carbocycles. The van der Waals surface area contributed by atoms with Crippen molar-refractivity contribution in [2.24, 2.45) is 0 Å². The van der Waals surface area contributed by atoms with E-state index in [-0.39, 0.29) is 6.54 Å². The Hall–Kier alpha value is -1.35. The smallest absolute Gasteiger partial charge is 0.383 e. The van der Waals surface area contributed by atoms with Crippen LogP contribution >= 0.6 is 0 Å². The molecule has 9 heteroatoms. The lowest BCUT2D eigenvalue weighted by Crippen LogP contribution is -2.48. The summed E-state index contributed by atoms with van der Waals surface area (Å²) in [5, 5.41) is 2.65. The minimum absolute atomic E-state index is 0.278. The molecule has 0 aromatic heterocycles. The number of nitrogens with zero attached hydrogens (tertiary/aromatic N) is 2. The van der Waals surface area contributed by atoms with Crippen molar-refractivity contribution >= 4 is 11.8 Å². The molecule has 0 aliphatic rings. The summed E-state index contributed by atoms with van der Waals surface area (Å²) in [6.45, 7) is -1.65. The molecule has 0 atom stereocenters. The van der Waals surface area contributed by atoms with Gasteiger partial charge in [0.15, 0.2) is 0 Å². The second kappa shape index (κ2) is 8.75. The Labute approximate surface area is 115 Å². The lowest BCUT2D eigenvalue weighted by Gasteiger charge is -2.25. The number of amides is 2. The van der Waals surface area contributed by atoms with Gasteiger partial charge < -0.3 is 19.9 Å². The molecule has 1 N–H and O–H groups in total. The maximum atomic E-state index is 12.4. The fourth-order valence-electron chi connectivity index (χ4n) is 1.23. The molecule has 0 bridgehead atoms. The van der Waals surface area contributed by atoms with E-state index in [2.05, 4.69) is 5.32 Å². The average molecular weight is 299 g/mol. The van der Waals surface area contributed by atoms with Crippen molar-refractivity contribution in [3.63, 3.8) is 0 Å². The Bertz CT molecular complexity index is 322. The monoisotopic (exact) mass is 299 g/mol. The number of hydrogen-bond acceptors (Lipinski definition) is 4. The first-order valence-corrected chi connectivity index (χ1v) is 5.91. The van der Waals surface area contributed by atoms with Gasteiger partial charge >= 0.3 is 6.18 Å². The fraction of sp³-hybridized carbons (Fsp3) is 0.818. The number of hydrogen-bond donors (Lipinski definition) is 1. The van der Waals surface area contributed by atoms with Crippen LogP contribution in [0, 0.1) is 0 Å². The molecule has 0 aromatic carbocycles. The molecule has 0 aliphatic carbocycles. The van der Waals surface area contributed by atoms with Gasteiger partial charge in [0, 0.05) is 27.7 Å². The number of carbonyl (C=O) groups is 2. The fourth-order valence-corrected chi connectivity index (χ4v) is 1.23. The average Bonchev–Trinajstić information content (AvgIpc) is 2.31. The number of likely N-dealkylation sites (N-methyl/N-ethyl adjacent to an activating group) is 1. The molecule has 0 aliphatic heterocycles. The van der Waals surface area contributed by atoms with Crippen LogP contribution in [0.3, 0.4) is 0 Å². The third kappa shape index (κ3) is 8.70.